The predicted molar refractivity (Wildman–Crippen MR) is 60.7 cm³/mol. The molecule has 0 radical (unpaired) electrons. The van der Waals surface area contributed by atoms with E-state index in [1.807, 2.05) is 6.92 Å². The van der Waals surface area contributed by atoms with E-state index in [0.717, 1.165) is 12.8 Å². The summed E-state index contributed by atoms with van der Waals surface area (Å²) in [6.45, 7) is 6.71. The van der Waals surface area contributed by atoms with E-state index >= 15 is 0 Å². The van der Waals surface area contributed by atoms with E-state index < -0.39 is 0 Å². The topological polar surface area (TPSA) is 46.5 Å². The van der Waals surface area contributed by atoms with Crippen LogP contribution < -0.4 is 0 Å². The molecule has 0 heterocycles. The molecule has 3 aliphatic rings. The quantitative estimate of drug-likeness (QED) is 0.748. The molecular weight excluding hydrogens is 204 g/mol. The molecule has 3 fully saturated rings. The Hall–Kier alpha value is -0.570. The second-order valence-electron chi connectivity index (χ2n) is 5.86. The minimum absolute atomic E-state index is 0.121. The Morgan fingerprint density at radius 1 is 1.44 bits per heavy atom. The van der Waals surface area contributed by atoms with E-state index in [9.17, 15) is 9.90 Å². The van der Waals surface area contributed by atoms with Crippen LogP contribution in [0.3, 0.4) is 0 Å². The molecule has 0 amide bonds. The predicted octanol–water partition coefficient (Wildman–Crippen LogP) is 1.98. The van der Waals surface area contributed by atoms with Gasteiger partial charge in [-0.1, -0.05) is 13.8 Å². The molecule has 0 aromatic heterocycles. The van der Waals surface area contributed by atoms with Crippen LogP contribution >= 0.6 is 0 Å². The monoisotopic (exact) mass is 226 g/mol. The number of rotatable bonds is 3. The van der Waals surface area contributed by atoms with E-state index in [0.29, 0.717) is 24.9 Å². The first-order chi connectivity index (χ1) is 7.46. The number of aliphatic hydroxyl groups excluding tert-OH is 1. The first-order valence-corrected chi connectivity index (χ1v) is 6.30. The fourth-order valence-corrected chi connectivity index (χ4v) is 3.51. The highest BCUT2D eigenvalue weighted by molar-refractivity contribution is 5.69. The summed E-state index contributed by atoms with van der Waals surface area (Å²) in [5.74, 6) is 1.02. The van der Waals surface area contributed by atoms with Crippen LogP contribution in [-0.4, -0.2) is 23.8 Å². The van der Waals surface area contributed by atoms with Crippen LogP contribution in [0.25, 0.3) is 0 Å². The smallest absolute Gasteiger partial charge is 0.306 e. The fraction of sp³-hybridized carbons (Fsp3) is 0.923. The van der Waals surface area contributed by atoms with E-state index in [-0.39, 0.29) is 23.4 Å². The zero-order chi connectivity index (χ0) is 11.9. The summed E-state index contributed by atoms with van der Waals surface area (Å²) in [5.41, 5.74) is 0.268. The van der Waals surface area contributed by atoms with Crippen molar-refractivity contribution in [1.82, 2.24) is 0 Å². The molecule has 4 atom stereocenters. The molecule has 0 spiro atoms. The van der Waals surface area contributed by atoms with Gasteiger partial charge in [-0.3, -0.25) is 4.79 Å². The average molecular weight is 226 g/mol. The van der Waals surface area contributed by atoms with E-state index in [1.54, 1.807) is 0 Å². The molecule has 0 saturated heterocycles. The van der Waals surface area contributed by atoms with E-state index in [4.69, 9.17) is 4.74 Å². The number of fused-ring (bicyclic) bond motifs is 2. The van der Waals surface area contributed by atoms with Gasteiger partial charge < -0.3 is 9.84 Å². The summed E-state index contributed by atoms with van der Waals surface area (Å²) in [7, 11) is 0. The van der Waals surface area contributed by atoms with Gasteiger partial charge in [0.1, 0.15) is 0 Å². The fourth-order valence-electron chi connectivity index (χ4n) is 3.51. The Bertz CT molecular complexity index is 285. The molecule has 2 bridgehead atoms. The highest BCUT2D eigenvalue weighted by Crippen LogP contribution is 2.61. The number of hydrogen-bond donors (Lipinski definition) is 1. The van der Waals surface area contributed by atoms with Gasteiger partial charge in [-0.05, 0) is 42.9 Å². The molecule has 0 aromatic carbocycles. The van der Waals surface area contributed by atoms with Crippen LogP contribution in [0.2, 0.25) is 0 Å². The SMILES string of the molecule is CCOC(=O)C[C@H]1C[C@H]2C[C@@H](C1O)C2(C)C. The summed E-state index contributed by atoms with van der Waals surface area (Å²) < 4.78 is 4.94. The van der Waals surface area contributed by atoms with Crippen LogP contribution in [-0.2, 0) is 9.53 Å². The summed E-state index contributed by atoms with van der Waals surface area (Å²) in [5, 5.41) is 10.2. The maximum Gasteiger partial charge on any atom is 0.306 e. The minimum atomic E-state index is -0.315. The van der Waals surface area contributed by atoms with Gasteiger partial charge in [0.25, 0.3) is 0 Å². The molecule has 16 heavy (non-hydrogen) atoms. The number of esters is 1. The lowest BCUT2D eigenvalue weighted by Crippen LogP contribution is -2.58. The zero-order valence-electron chi connectivity index (χ0n) is 10.4. The third-order valence-electron chi connectivity index (χ3n) is 4.76. The molecule has 92 valence electrons. The molecule has 3 heteroatoms. The van der Waals surface area contributed by atoms with E-state index in [2.05, 4.69) is 13.8 Å². The highest BCUT2D eigenvalue weighted by atomic mass is 16.5. The van der Waals surface area contributed by atoms with Crippen molar-refractivity contribution >= 4 is 5.97 Å². The molecule has 0 aliphatic heterocycles. The van der Waals surface area contributed by atoms with Crippen LogP contribution in [0.1, 0.15) is 40.0 Å². The number of hydrogen-bond acceptors (Lipinski definition) is 3. The van der Waals surface area contributed by atoms with Gasteiger partial charge in [-0.15, -0.1) is 0 Å². The molecule has 3 saturated carbocycles. The van der Waals surface area contributed by atoms with Gasteiger partial charge in [0, 0.05) is 0 Å². The standard InChI is InChI=1S/C13H22O3/c1-4-16-11(14)6-8-5-9-7-10(12(8)15)13(9,2)3/h8-10,12,15H,4-7H2,1-3H3/t8-,9+,10+,12?/m1/s1. The Morgan fingerprint density at radius 3 is 2.62 bits per heavy atom. The molecule has 1 N–H and O–H groups in total. The molecule has 3 rings (SSSR count). The normalized spacial score (nSPS) is 40.0. The summed E-state index contributed by atoms with van der Waals surface area (Å²) in [4.78, 5) is 11.4. The van der Waals surface area contributed by atoms with Gasteiger partial charge in [0.15, 0.2) is 0 Å². The van der Waals surface area contributed by atoms with Crippen molar-refractivity contribution in [3.63, 3.8) is 0 Å². The summed E-state index contributed by atoms with van der Waals surface area (Å²) in [6.07, 6.45) is 2.18. The van der Waals surface area contributed by atoms with Crippen molar-refractivity contribution in [2.75, 3.05) is 6.61 Å². The van der Waals surface area contributed by atoms with Crippen molar-refractivity contribution in [3.05, 3.63) is 0 Å². The van der Waals surface area contributed by atoms with Crippen LogP contribution in [0.15, 0.2) is 0 Å². The summed E-state index contributed by atoms with van der Waals surface area (Å²) in [6, 6.07) is 0. The van der Waals surface area contributed by atoms with Gasteiger partial charge in [0.05, 0.1) is 19.1 Å². The average Bonchev–Trinajstić information content (AvgIpc) is 2.20. The lowest BCUT2D eigenvalue weighted by atomic mass is 9.45. The van der Waals surface area contributed by atoms with Crippen LogP contribution in [0, 0.1) is 23.2 Å². The van der Waals surface area contributed by atoms with Gasteiger partial charge >= 0.3 is 5.97 Å². The number of ether oxygens (including phenoxy) is 1. The number of carbonyl (C=O) groups excluding carboxylic acids is 1. The zero-order valence-corrected chi connectivity index (χ0v) is 10.4. The van der Waals surface area contributed by atoms with Gasteiger partial charge in [0.2, 0.25) is 0 Å². The first-order valence-electron chi connectivity index (χ1n) is 6.30. The van der Waals surface area contributed by atoms with Crippen molar-refractivity contribution in [3.8, 4) is 0 Å². The van der Waals surface area contributed by atoms with Crippen molar-refractivity contribution < 1.29 is 14.6 Å². The summed E-state index contributed by atoms with van der Waals surface area (Å²) >= 11 is 0. The molecule has 3 aliphatic carbocycles. The lowest BCUT2D eigenvalue weighted by Gasteiger charge is -2.61. The van der Waals surface area contributed by atoms with Crippen molar-refractivity contribution in [2.24, 2.45) is 23.2 Å². The third kappa shape index (κ3) is 1.75. The Balaban J connectivity index is 1.93. The van der Waals surface area contributed by atoms with Gasteiger partial charge in [-0.25, -0.2) is 0 Å². The molecule has 1 unspecified atom stereocenters. The van der Waals surface area contributed by atoms with Crippen molar-refractivity contribution in [2.45, 2.75) is 46.1 Å². The Labute approximate surface area is 97.2 Å². The Morgan fingerprint density at radius 2 is 2.12 bits per heavy atom. The number of aliphatic hydroxyl groups is 1. The third-order valence-corrected chi connectivity index (χ3v) is 4.76. The first kappa shape index (κ1) is 11.9. The Kier molecular flexibility index (Phi) is 2.99. The van der Waals surface area contributed by atoms with Crippen LogP contribution in [0.4, 0.5) is 0 Å². The van der Waals surface area contributed by atoms with Crippen molar-refractivity contribution in [1.29, 1.82) is 0 Å². The second-order valence-corrected chi connectivity index (χ2v) is 5.86. The maximum atomic E-state index is 11.4. The van der Waals surface area contributed by atoms with E-state index in [1.165, 1.54) is 0 Å². The molecular formula is C13H22O3. The molecule has 3 nitrogen and oxygen atoms in total. The maximum absolute atomic E-state index is 11.4. The molecule has 0 aromatic rings. The number of carbonyl (C=O) groups is 1. The van der Waals surface area contributed by atoms with Crippen LogP contribution in [0.5, 0.6) is 0 Å². The lowest BCUT2D eigenvalue weighted by molar-refractivity contribution is -0.178. The minimum Gasteiger partial charge on any atom is -0.466 e. The van der Waals surface area contributed by atoms with Gasteiger partial charge in [-0.2, -0.15) is 0 Å². The largest absolute Gasteiger partial charge is 0.466 e. The second kappa shape index (κ2) is 4.02. The highest BCUT2D eigenvalue weighted by Gasteiger charge is 2.57.